The second-order valence-electron chi connectivity index (χ2n) is 3.22. The van der Waals surface area contributed by atoms with Crippen LogP contribution in [0, 0.1) is 0 Å². The maximum absolute atomic E-state index is 5.04. The zero-order valence-electron chi connectivity index (χ0n) is 9.14. The molecule has 1 N–H and O–H groups in total. The lowest BCUT2D eigenvalue weighted by molar-refractivity contribution is 0.436. The Morgan fingerprint density at radius 1 is 1.31 bits per heavy atom. The quantitative estimate of drug-likeness (QED) is 0.617. The van der Waals surface area contributed by atoms with Crippen molar-refractivity contribution in [2.24, 2.45) is 4.99 Å². The van der Waals surface area contributed by atoms with E-state index < -0.39 is 0 Å². The first-order valence-corrected chi connectivity index (χ1v) is 4.89. The lowest BCUT2D eigenvalue weighted by atomic mass is 10.2. The zero-order chi connectivity index (χ0) is 11.4. The molecule has 0 saturated heterocycles. The molecule has 0 aliphatic rings. The van der Waals surface area contributed by atoms with Crippen LogP contribution in [0.15, 0.2) is 39.8 Å². The molecule has 0 saturated carbocycles. The van der Waals surface area contributed by atoms with Crippen molar-refractivity contribution in [2.75, 3.05) is 12.4 Å². The fraction of sp³-hybridized carbons (Fsp3) is 0.182. The minimum absolute atomic E-state index is 0.349. The molecule has 1 heterocycles. The first kappa shape index (κ1) is 10.4. The third kappa shape index (κ3) is 2.25. The van der Waals surface area contributed by atoms with Crippen molar-refractivity contribution in [3.8, 4) is 11.4 Å². The summed E-state index contributed by atoms with van der Waals surface area (Å²) in [5.74, 6) is 1.29. The predicted molar refractivity (Wildman–Crippen MR) is 62.4 cm³/mol. The zero-order valence-corrected chi connectivity index (χ0v) is 9.14. The van der Waals surface area contributed by atoms with Gasteiger partial charge in [-0.15, -0.1) is 0 Å². The maximum Gasteiger partial charge on any atom is 0.327 e. The van der Waals surface area contributed by atoms with E-state index in [1.54, 1.807) is 7.05 Å². The fourth-order valence-electron chi connectivity index (χ4n) is 1.19. The maximum atomic E-state index is 5.04. The van der Waals surface area contributed by atoms with Crippen molar-refractivity contribution in [1.82, 2.24) is 10.1 Å². The molecule has 0 fully saturated rings. The summed E-state index contributed by atoms with van der Waals surface area (Å²) in [7, 11) is 1.69. The van der Waals surface area contributed by atoms with Gasteiger partial charge in [-0.2, -0.15) is 4.98 Å². The van der Waals surface area contributed by atoms with Crippen molar-refractivity contribution in [3.63, 3.8) is 0 Å². The first-order chi connectivity index (χ1) is 7.79. The monoisotopic (exact) mass is 216 g/mol. The van der Waals surface area contributed by atoms with Gasteiger partial charge in [0.25, 0.3) is 0 Å². The summed E-state index contributed by atoms with van der Waals surface area (Å²) >= 11 is 0. The van der Waals surface area contributed by atoms with Crippen LogP contribution in [0.2, 0.25) is 0 Å². The van der Waals surface area contributed by atoms with Crippen molar-refractivity contribution in [2.45, 2.75) is 6.92 Å². The van der Waals surface area contributed by atoms with Crippen LogP contribution in [-0.4, -0.2) is 23.0 Å². The average Bonchev–Trinajstić information content (AvgIpc) is 2.78. The molecule has 5 nitrogen and oxygen atoms in total. The first-order valence-electron chi connectivity index (χ1n) is 4.89. The van der Waals surface area contributed by atoms with Gasteiger partial charge in [0.05, 0.1) is 0 Å². The van der Waals surface area contributed by atoms with Gasteiger partial charge in [-0.3, -0.25) is 10.3 Å². The molecule has 2 aromatic rings. The van der Waals surface area contributed by atoms with E-state index in [1.807, 2.05) is 37.3 Å². The van der Waals surface area contributed by atoms with E-state index in [0.29, 0.717) is 11.8 Å². The van der Waals surface area contributed by atoms with E-state index in [1.165, 1.54) is 0 Å². The summed E-state index contributed by atoms with van der Waals surface area (Å²) in [6.45, 7) is 1.83. The van der Waals surface area contributed by atoms with Crippen LogP contribution in [0.5, 0.6) is 0 Å². The van der Waals surface area contributed by atoms with E-state index in [-0.39, 0.29) is 0 Å². The minimum atomic E-state index is 0.349. The molecule has 0 aliphatic carbocycles. The summed E-state index contributed by atoms with van der Waals surface area (Å²) in [6.07, 6.45) is 0. The molecule has 0 bridgehead atoms. The third-order valence-electron chi connectivity index (χ3n) is 2.08. The van der Waals surface area contributed by atoms with Gasteiger partial charge in [0.2, 0.25) is 5.82 Å². The van der Waals surface area contributed by atoms with Gasteiger partial charge in [0, 0.05) is 12.6 Å². The molecule has 1 aromatic heterocycles. The van der Waals surface area contributed by atoms with Crippen molar-refractivity contribution in [1.29, 1.82) is 0 Å². The van der Waals surface area contributed by atoms with Crippen LogP contribution in [0.3, 0.4) is 0 Å². The number of rotatable bonds is 2. The Bertz CT molecular complexity index is 490. The number of aliphatic imine (C=N–C) groups is 1. The summed E-state index contributed by atoms with van der Waals surface area (Å²) in [5.41, 5.74) is 0.922. The largest absolute Gasteiger partial charge is 0.327 e. The summed E-state index contributed by atoms with van der Waals surface area (Å²) in [4.78, 5) is 8.14. The highest BCUT2D eigenvalue weighted by atomic mass is 16.5. The minimum Gasteiger partial charge on any atom is -0.315 e. The second kappa shape index (κ2) is 4.57. The van der Waals surface area contributed by atoms with Crippen LogP contribution in [0.25, 0.3) is 11.4 Å². The van der Waals surface area contributed by atoms with Crippen molar-refractivity contribution in [3.05, 3.63) is 30.3 Å². The lowest BCUT2D eigenvalue weighted by Gasteiger charge is -1.95. The van der Waals surface area contributed by atoms with Gasteiger partial charge in [-0.25, -0.2) is 0 Å². The summed E-state index contributed by atoms with van der Waals surface area (Å²) in [6, 6.07) is 10.00. The summed E-state index contributed by atoms with van der Waals surface area (Å²) < 4.78 is 5.04. The Kier molecular flexibility index (Phi) is 2.95. The van der Waals surface area contributed by atoms with E-state index >= 15 is 0 Å². The highest BCUT2D eigenvalue weighted by Crippen LogP contribution is 2.16. The normalized spacial score (nSPS) is 11.5. The molecule has 0 atom stereocenters. The van der Waals surface area contributed by atoms with Crippen LogP contribution in [0.1, 0.15) is 6.92 Å². The number of anilines is 1. The second-order valence-corrected chi connectivity index (χ2v) is 3.22. The number of amidine groups is 1. The number of benzene rings is 1. The molecular weight excluding hydrogens is 204 g/mol. The van der Waals surface area contributed by atoms with E-state index in [9.17, 15) is 0 Å². The van der Waals surface area contributed by atoms with Crippen LogP contribution < -0.4 is 5.32 Å². The van der Waals surface area contributed by atoms with Crippen LogP contribution >= 0.6 is 0 Å². The molecule has 5 heteroatoms. The van der Waals surface area contributed by atoms with E-state index in [4.69, 9.17) is 4.52 Å². The topological polar surface area (TPSA) is 63.3 Å². The van der Waals surface area contributed by atoms with Gasteiger partial charge in [0.1, 0.15) is 5.84 Å². The van der Waals surface area contributed by atoms with Gasteiger partial charge in [0.15, 0.2) is 0 Å². The van der Waals surface area contributed by atoms with Gasteiger partial charge in [-0.05, 0) is 6.92 Å². The molecule has 1 aromatic carbocycles. The molecule has 0 radical (unpaired) electrons. The summed E-state index contributed by atoms with van der Waals surface area (Å²) in [5, 5.41) is 6.76. The number of aromatic nitrogens is 2. The lowest BCUT2D eigenvalue weighted by Crippen LogP contribution is -2.06. The number of nitrogens with zero attached hydrogens (tertiary/aromatic N) is 3. The Morgan fingerprint density at radius 2 is 2.06 bits per heavy atom. The van der Waals surface area contributed by atoms with E-state index in [0.717, 1.165) is 11.4 Å². The number of hydrogen-bond donors (Lipinski definition) is 1. The SMILES string of the molecule is CN=C(C)Nc1nc(-c2ccccc2)no1. The molecule has 0 amide bonds. The highest BCUT2D eigenvalue weighted by molar-refractivity contribution is 5.91. The Morgan fingerprint density at radius 3 is 2.75 bits per heavy atom. The Balaban J connectivity index is 2.20. The average molecular weight is 216 g/mol. The van der Waals surface area contributed by atoms with Crippen molar-refractivity contribution < 1.29 is 4.52 Å². The smallest absolute Gasteiger partial charge is 0.315 e. The van der Waals surface area contributed by atoms with Gasteiger partial charge < -0.3 is 4.52 Å². The number of hydrogen-bond acceptors (Lipinski definition) is 4. The highest BCUT2D eigenvalue weighted by Gasteiger charge is 2.07. The molecule has 16 heavy (non-hydrogen) atoms. The molecular formula is C11H12N4O. The Labute approximate surface area is 93.2 Å². The van der Waals surface area contributed by atoms with Gasteiger partial charge in [-0.1, -0.05) is 35.5 Å². The Hall–Kier alpha value is -2.17. The third-order valence-corrected chi connectivity index (χ3v) is 2.08. The van der Waals surface area contributed by atoms with E-state index in [2.05, 4.69) is 20.4 Å². The standard InChI is InChI=1S/C11H12N4O/c1-8(12-2)13-11-14-10(15-16-11)9-6-4-3-5-7-9/h3-7H,1-2H3,(H,12,13,14,15). The molecule has 0 unspecified atom stereocenters. The van der Waals surface area contributed by atoms with Crippen LogP contribution in [-0.2, 0) is 0 Å². The predicted octanol–water partition coefficient (Wildman–Crippen LogP) is 2.20. The number of nitrogens with one attached hydrogen (secondary N) is 1. The van der Waals surface area contributed by atoms with Gasteiger partial charge >= 0.3 is 6.01 Å². The molecule has 0 spiro atoms. The van der Waals surface area contributed by atoms with Crippen molar-refractivity contribution >= 4 is 11.9 Å². The molecule has 2 rings (SSSR count). The van der Waals surface area contributed by atoms with Crippen LogP contribution in [0.4, 0.5) is 6.01 Å². The molecule has 82 valence electrons. The molecule has 0 aliphatic heterocycles. The fourth-order valence-corrected chi connectivity index (χ4v) is 1.19.